The monoisotopic (exact) mass is 224 g/mol. The van der Waals surface area contributed by atoms with Crippen LogP contribution in [0.25, 0.3) is 0 Å². The van der Waals surface area contributed by atoms with Gasteiger partial charge in [-0.25, -0.2) is 0 Å². The van der Waals surface area contributed by atoms with Crippen molar-refractivity contribution in [3.63, 3.8) is 0 Å². The van der Waals surface area contributed by atoms with E-state index < -0.39 is 0 Å². The van der Waals surface area contributed by atoms with E-state index in [0.29, 0.717) is 5.92 Å². The highest BCUT2D eigenvalue weighted by Crippen LogP contribution is 2.06. The Morgan fingerprint density at radius 1 is 1.23 bits per heavy atom. The van der Waals surface area contributed by atoms with E-state index in [-0.39, 0.29) is 15.4 Å². The van der Waals surface area contributed by atoms with Gasteiger partial charge < -0.3 is 9.47 Å². The van der Waals surface area contributed by atoms with Crippen molar-refractivity contribution < 1.29 is 9.47 Å². The van der Waals surface area contributed by atoms with Gasteiger partial charge >= 0.3 is 0 Å². The summed E-state index contributed by atoms with van der Waals surface area (Å²) < 4.78 is 10.9. The fourth-order valence-electron chi connectivity index (χ4n) is 1.08. The third-order valence-electron chi connectivity index (χ3n) is 1.86. The molecule has 0 aromatic heterocycles. The van der Waals surface area contributed by atoms with E-state index in [1.165, 1.54) is 6.04 Å². The lowest BCUT2D eigenvalue weighted by Crippen LogP contribution is -2.26. The van der Waals surface area contributed by atoms with Crippen LogP contribution >= 0.6 is 11.6 Å². The minimum atomic E-state index is -0.284. The minimum absolute atomic E-state index is 0.0978. The molecule has 0 aliphatic heterocycles. The van der Waals surface area contributed by atoms with Crippen LogP contribution in [0.4, 0.5) is 0 Å². The van der Waals surface area contributed by atoms with Crippen molar-refractivity contribution in [3.8, 4) is 0 Å². The molecule has 80 valence electrons. The van der Waals surface area contributed by atoms with E-state index in [2.05, 4.69) is 6.92 Å². The van der Waals surface area contributed by atoms with Crippen LogP contribution in [0.2, 0.25) is 6.04 Å². The SMILES string of the molecule is CCOC(OCC)[SiH2]CC(C)CCl. The van der Waals surface area contributed by atoms with E-state index in [4.69, 9.17) is 21.1 Å². The van der Waals surface area contributed by atoms with Gasteiger partial charge in [0.2, 0.25) is 0 Å². The Balaban J connectivity index is 3.55. The van der Waals surface area contributed by atoms with Gasteiger partial charge in [-0.3, -0.25) is 0 Å². The maximum absolute atomic E-state index is 5.73. The van der Waals surface area contributed by atoms with Crippen LogP contribution in [0.15, 0.2) is 0 Å². The van der Waals surface area contributed by atoms with Crippen molar-refractivity contribution in [2.75, 3.05) is 19.1 Å². The van der Waals surface area contributed by atoms with E-state index in [1.54, 1.807) is 0 Å². The van der Waals surface area contributed by atoms with Gasteiger partial charge in [0.15, 0.2) is 0 Å². The van der Waals surface area contributed by atoms with Crippen molar-refractivity contribution in [2.45, 2.75) is 32.7 Å². The molecule has 0 aliphatic carbocycles. The molecule has 0 aliphatic rings. The summed E-state index contributed by atoms with van der Waals surface area (Å²) in [7, 11) is -0.284. The lowest BCUT2D eigenvalue weighted by atomic mass is 10.3. The van der Waals surface area contributed by atoms with Gasteiger partial charge in [-0.2, -0.15) is 0 Å². The van der Waals surface area contributed by atoms with Gasteiger partial charge in [-0.15, -0.1) is 11.6 Å². The predicted octanol–water partition coefficient (Wildman–Crippen LogP) is 1.80. The topological polar surface area (TPSA) is 18.5 Å². The third-order valence-corrected chi connectivity index (χ3v) is 4.65. The molecule has 0 fully saturated rings. The van der Waals surface area contributed by atoms with E-state index in [1.807, 2.05) is 13.8 Å². The molecule has 0 saturated carbocycles. The summed E-state index contributed by atoms with van der Waals surface area (Å²) >= 11 is 5.73. The highest BCUT2D eigenvalue weighted by molar-refractivity contribution is 6.36. The van der Waals surface area contributed by atoms with Crippen LogP contribution in [0, 0.1) is 5.92 Å². The average Bonchev–Trinajstić information content (AvgIpc) is 2.14. The zero-order chi connectivity index (χ0) is 10.1. The summed E-state index contributed by atoms with van der Waals surface area (Å²) in [5, 5.41) is 0. The summed E-state index contributed by atoms with van der Waals surface area (Å²) in [6.07, 6.45) is 0. The Bertz CT molecular complexity index is 108. The van der Waals surface area contributed by atoms with Crippen molar-refractivity contribution in [1.82, 2.24) is 0 Å². The summed E-state index contributed by atoms with van der Waals surface area (Å²) in [4.78, 5) is 0. The Morgan fingerprint density at radius 2 is 1.77 bits per heavy atom. The molecule has 0 N–H and O–H groups in total. The van der Waals surface area contributed by atoms with Crippen molar-refractivity contribution in [1.29, 1.82) is 0 Å². The van der Waals surface area contributed by atoms with Crippen LogP contribution in [0.3, 0.4) is 0 Å². The molecule has 13 heavy (non-hydrogen) atoms. The Labute approximate surface area is 88.8 Å². The van der Waals surface area contributed by atoms with Crippen molar-refractivity contribution in [3.05, 3.63) is 0 Å². The summed E-state index contributed by atoms with van der Waals surface area (Å²) in [6.45, 7) is 7.67. The second-order valence-electron chi connectivity index (χ2n) is 3.18. The van der Waals surface area contributed by atoms with Gasteiger partial charge in [0.1, 0.15) is 5.91 Å². The Hall–Kier alpha value is 0.427. The van der Waals surface area contributed by atoms with Crippen molar-refractivity contribution >= 4 is 21.1 Å². The lowest BCUT2D eigenvalue weighted by Gasteiger charge is -2.17. The molecule has 0 rings (SSSR count). The number of hydrogen-bond acceptors (Lipinski definition) is 2. The number of rotatable bonds is 8. The van der Waals surface area contributed by atoms with Gasteiger partial charge in [-0.1, -0.05) is 13.0 Å². The molecular weight excluding hydrogens is 204 g/mol. The van der Waals surface area contributed by atoms with E-state index >= 15 is 0 Å². The number of hydrogen-bond donors (Lipinski definition) is 0. The summed E-state index contributed by atoms with van der Waals surface area (Å²) in [5.41, 5.74) is 0. The molecule has 1 atom stereocenters. The predicted molar refractivity (Wildman–Crippen MR) is 60.3 cm³/mol. The van der Waals surface area contributed by atoms with Crippen LogP contribution in [0.1, 0.15) is 20.8 Å². The van der Waals surface area contributed by atoms with E-state index in [9.17, 15) is 0 Å². The number of alkyl halides is 1. The van der Waals surface area contributed by atoms with Gasteiger partial charge in [-0.05, 0) is 19.8 Å². The van der Waals surface area contributed by atoms with Gasteiger partial charge in [0.25, 0.3) is 0 Å². The summed E-state index contributed by atoms with van der Waals surface area (Å²) in [6, 6.07) is 1.20. The standard InChI is InChI=1S/C9H21ClO2Si/c1-4-11-9(12-5-2)13-7-8(3)6-10/h8-9H,4-7,13H2,1-3H3. The second kappa shape index (κ2) is 9.00. The quantitative estimate of drug-likeness (QED) is 0.356. The second-order valence-corrected chi connectivity index (χ2v) is 5.31. The molecule has 2 nitrogen and oxygen atoms in total. The molecular formula is C9H21ClO2Si. The molecule has 1 unspecified atom stereocenters. The Kier molecular flexibility index (Phi) is 9.30. The zero-order valence-corrected chi connectivity index (χ0v) is 11.1. The first-order valence-corrected chi connectivity index (χ1v) is 7.38. The number of ether oxygens (including phenoxy) is 2. The van der Waals surface area contributed by atoms with Crippen LogP contribution in [-0.4, -0.2) is 34.5 Å². The molecule has 0 saturated heterocycles. The summed E-state index contributed by atoms with van der Waals surface area (Å²) in [5.74, 6) is 1.45. The van der Waals surface area contributed by atoms with Crippen molar-refractivity contribution in [2.24, 2.45) is 5.92 Å². The zero-order valence-electron chi connectivity index (χ0n) is 8.88. The normalized spacial score (nSPS) is 14.5. The fourth-order valence-corrected chi connectivity index (χ4v) is 3.35. The highest BCUT2D eigenvalue weighted by Gasteiger charge is 2.10. The number of halogens is 1. The maximum Gasteiger partial charge on any atom is 0.134 e. The molecule has 0 aromatic rings. The maximum atomic E-state index is 5.73. The molecule has 0 spiro atoms. The van der Waals surface area contributed by atoms with E-state index in [0.717, 1.165) is 19.1 Å². The third kappa shape index (κ3) is 7.49. The largest absolute Gasteiger partial charge is 0.357 e. The molecule has 0 aromatic carbocycles. The van der Waals surface area contributed by atoms with Gasteiger partial charge in [0.05, 0.1) is 9.52 Å². The molecule has 4 heteroatoms. The fraction of sp³-hybridized carbons (Fsp3) is 1.00. The molecule has 0 bridgehead atoms. The smallest absolute Gasteiger partial charge is 0.134 e. The first-order valence-electron chi connectivity index (χ1n) is 5.03. The van der Waals surface area contributed by atoms with Crippen LogP contribution in [0.5, 0.6) is 0 Å². The lowest BCUT2D eigenvalue weighted by molar-refractivity contribution is -0.0829. The highest BCUT2D eigenvalue weighted by atomic mass is 35.5. The molecule has 0 radical (unpaired) electrons. The molecule has 0 heterocycles. The molecule has 0 amide bonds. The average molecular weight is 225 g/mol. The first kappa shape index (κ1) is 13.4. The minimum Gasteiger partial charge on any atom is -0.357 e. The van der Waals surface area contributed by atoms with Crippen LogP contribution in [-0.2, 0) is 9.47 Å². The van der Waals surface area contributed by atoms with Crippen LogP contribution < -0.4 is 0 Å². The Morgan fingerprint density at radius 3 is 2.15 bits per heavy atom. The van der Waals surface area contributed by atoms with Gasteiger partial charge in [0, 0.05) is 19.1 Å². The first-order chi connectivity index (χ1) is 6.24.